The standard InChI is InChI=1S/C10H16N4O3/c1-10(2,3)17-9(16)13-4-5-14-7(6-13)11-12-8(14)15/h7H,4-6H2,1-3H3. The van der Waals surface area contributed by atoms with Gasteiger partial charge >= 0.3 is 12.1 Å². The van der Waals surface area contributed by atoms with Crippen LogP contribution in [0.2, 0.25) is 0 Å². The third-order valence-electron chi connectivity index (χ3n) is 2.53. The molecule has 0 aromatic rings. The highest BCUT2D eigenvalue weighted by Crippen LogP contribution is 2.20. The third kappa shape index (κ3) is 2.54. The second-order valence-corrected chi connectivity index (χ2v) is 5.10. The van der Waals surface area contributed by atoms with E-state index in [0.717, 1.165) is 0 Å². The van der Waals surface area contributed by atoms with Crippen LogP contribution >= 0.6 is 0 Å². The van der Waals surface area contributed by atoms with E-state index in [-0.39, 0.29) is 18.3 Å². The monoisotopic (exact) mass is 240 g/mol. The Balaban J connectivity index is 1.95. The zero-order valence-corrected chi connectivity index (χ0v) is 10.2. The van der Waals surface area contributed by atoms with Crippen molar-refractivity contribution in [3.63, 3.8) is 0 Å². The molecule has 0 aliphatic carbocycles. The van der Waals surface area contributed by atoms with Gasteiger partial charge < -0.3 is 9.64 Å². The molecule has 0 saturated carbocycles. The number of nitrogens with zero attached hydrogens (tertiary/aromatic N) is 4. The number of azo groups is 1. The van der Waals surface area contributed by atoms with Crippen LogP contribution in [0.4, 0.5) is 9.59 Å². The van der Waals surface area contributed by atoms with Crippen LogP contribution in [0.1, 0.15) is 20.8 Å². The average molecular weight is 240 g/mol. The van der Waals surface area contributed by atoms with Crippen molar-refractivity contribution in [3.8, 4) is 0 Å². The van der Waals surface area contributed by atoms with Crippen LogP contribution in [0.25, 0.3) is 0 Å². The summed E-state index contributed by atoms with van der Waals surface area (Å²) in [7, 11) is 0. The number of hydrogen-bond acceptors (Lipinski definition) is 4. The number of hydrogen-bond donors (Lipinski definition) is 0. The topological polar surface area (TPSA) is 74.6 Å². The summed E-state index contributed by atoms with van der Waals surface area (Å²) in [4.78, 5) is 26.2. The molecule has 0 radical (unpaired) electrons. The lowest BCUT2D eigenvalue weighted by molar-refractivity contribution is 0.0118. The van der Waals surface area contributed by atoms with E-state index in [1.54, 1.807) is 9.80 Å². The first-order valence-electron chi connectivity index (χ1n) is 5.56. The quantitative estimate of drug-likeness (QED) is 0.643. The van der Waals surface area contributed by atoms with Gasteiger partial charge in [-0.05, 0) is 20.8 Å². The number of fused-ring (bicyclic) bond motifs is 1. The fraction of sp³-hybridized carbons (Fsp3) is 0.800. The maximum absolute atomic E-state index is 11.8. The van der Waals surface area contributed by atoms with Crippen LogP contribution in [0, 0.1) is 0 Å². The zero-order valence-electron chi connectivity index (χ0n) is 10.2. The van der Waals surface area contributed by atoms with Crippen molar-refractivity contribution >= 4 is 12.1 Å². The molecule has 0 bridgehead atoms. The predicted octanol–water partition coefficient (Wildman–Crippen LogP) is 1.45. The molecule has 7 heteroatoms. The SMILES string of the molecule is CC(C)(C)OC(=O)N1CCN2C(=O)N=NC2C1. The molecule has 2 aliphatic rings. The molecule has 0 N–H and O–H groups in total. The molecule has 1 fully saturated rings. The van der Waals surface area contributed by atoms with Crippen LogP contribution in [0.5, 0.6) is 0 Å². The Labute approximate surface area is 99.4 Å². The summed E-state index contributed by atoms with van der Waals surface area (Å²) in [5.41, 5.74) is -0.513. The number of piperazine rings is 1. The molecule has 94 valence electrons. The van der Waals surface area contributed by atoms with Gasteiger partial charge in [0.2, 0.25) is 0 Å². The van der Waals surface area contributed by atoms with E-state index in [1.165, 1.54) is 0 Å². The summed E-state index contributed by atoms with van der Waals surface area (Å²) in [6, 6.07) is -0.321. The van der Waals surface area contributed by atoms with Crippen molar-refractivity contribution in [1.82, 2.24) is 9.80 Å². The Kier molecular flexibility index (Phi) is 2.76. The molecule has 2 aliphatic heterocycles. The number of rotatable bonds is 0. The fourth-order valence-electron chi connectivity index (χ4n) is 1.75. The van der Waals surface area contributed by atoms with Crippen molar-refractivity contribution in [2.24, 2.45) is 10.2 Å². The van der Waals surface area contributed by atoms with Crippen molar-refractivity contribution in [2.75, 3.05) is 19.6 Å². The van der Waals surface area contributed by atoms with Crippen LogP contribution in [0.3, 0.4) is 0 Å². The number of carbonyl (C=O) groups is 2. The van der Waals surface area contributed by atoms with Crippen molar-refractivity contribution in [2.45, 2.75) is 32.5 Å². The van der Waals surface area contributed by atoms with Gasteiger partial charge in [-0.25, -0.2) is 9.59 Å². The Morgan fingerprint density at radius 2 is 2.12 bits per heavy atom. The van der Waals surface area contributed by atoms with E-state index in [0.29, 0.717) is 19.6 Å². The summed E-state index contributed by atoms with van der Waals surface area (Å²) in [5, 5.41) is 7.30. The summed E-state index contributed by atoms with van der Waals surface area (Å²) < 4.78 is 5.26. The molecule has 1 saturated heterocycles. The minimum atomic E-state index is -0.513. The molecule has 0 spiro atoms. The number of amides is 3. The van der Waals surface area contributed by atoms with E-state index in [4.69, 9.17) is 4.74 Å². The van der Waals surface area contributed by atoms with Crippen LogP contribution < -0.4 is 0 Å². The molecule has 1 unspecified atom stereocenters. The first kappa shape index (κ1) is 11.8. The van der Waals surface area contributed by atoms with Gasteiger partial charge in [0.1, 0.15) is 5.60 Å². The molecule has 0 aromatic carbocycles. The molecule has 2 rings (SSSR count). The van der Waals surface area contributed by atoms with Gasteiger partial charge in [0.05, 0.1) is 6.54 Å². The van der Waals surface area contributed by atoms with Crippen LogP contribution in [-0.4, -0.2) is 53.3 Å². The van der Waals surface area contributed by atoms with E-state index in [2.05, 4.69) is 10.2 Å². The van der Waals surface area contributed by atoms with Gasteiger partial charge in [0.15, 0.2) is 6.17 Å². The number of urea groups is 1. The van der Waals surface area contributed by atoms with Gasteiger partial charge in [-0.1, -0.05) is 5.11 Å². The van der Waals surface area contributed by atoms with Gasteiger partial charge in [-0.15, -0.1) is 0 Å². The van der Waals surface area contributed by atoms with E-state index in [1.807, 2.05) is 20.8 Å². The predicted molar refractivity (Wildman–Crippen MR) is 58.6 cm³/mol. The largest absolute Gasteiger partial charge is 0.444 e. The lowest BCUT2D eigenvalue weighted by Crippen LogP contribution is -2.54. The fourth-order valence-corrected chi connectivity index (χ4v) is 1.75. The zero-order chi connectivity index (χ0) is 12.6. The molecule has 1 atom stereocenters. The summed E-state index contributed by atoms with van der Waals surface area (Å²) in [6.07, 6.45) is -0.713. The number of ether oxygens (including phenoxy) is 1. The Hall–Kier alpha value is -1.66. The summed E-state index contributed by atoms with van der Waals surface area (Å²) in [5.74, 6) is 0. The van der Waals surface area contributed by atoms with Gasteiger partial charge in [-0.3, -0.25) is 4.90 Å². The molecular weight excluding hydrogens is 224 g/mol. The van der Waals surface area contributed by atoms with E-state index < -0.39 is 5.60 Å². The Morgan fingerprint density at radius 1 is 1.41 bits per heavy atom. The summed E-state index contributed by atoms with van der Waals surface area (Å²) in [6.45, 7) is 6.72. The van der Waals surface area contributed by atoms with Gasteiger partial charge in [0.25, 0.3) is 0 Å². The van der Waals surface area contributed by atoms with Gasteiger partial charge in [-0.2, -0.15) is 5.11 Å². The van der Waals surface area contributed by atoms with E-state index >= 15 is 0 Å². The minimum Gasteiger partial charge on any atom is -0.444 e. The maximum Gasteiger partial charge on any atom is 0.410 e. The highest BCUT2D eigenvalue weighted by molar-refractivity contribution is 5.77. The first-order valence-corrected chi connectivity index (χ1v) is 5.56. The second kappa shape index (κ2) is 3.97. The first-order chi connectivity index (χ1) is 7.87. The normalized spacial score (nSPS) is 23.9. The molecule has 2 heterocycles. The summed E-state index contributed by atoms with van der Waals surface area (Å²) >= 11 is 0. The van der Waals surface area contributed by atoms with Gasteiger partial charge in [0, 0.05) is 13.1 Å². The molecular formula is C10H16N4O3. The van der Waals surface area contributed by atoms with Crippen LogP contribution in [0.15, 0.2) is 10.2 Å². The minimum absolute atomic E-state index is 0.321. The van der Waals surface area contributed by atoms with Crippen molar-refractivity contribution in [1.29, 1.82) is 0 Å². The lowest BCUT2D eigenvalue weighted by Gasteiger charge is -2.35. The van der Waals surface area contributed by atoms with Crippen molar-refractivity contribution < 1.29 is 14.3 Å². The highest BCUT2D eigenvalue weighted by atomic mass is 16.6. The third-order valence-corrected chi connectivity index (χ3v) is 2.53. The second-order valence-electron chi connectivity index (χ2n) is 5.10. The van der Waals surface area contributed by atoms with E-state index in [9.17, 15) is 9.59 Å². The molecule has 7 nitrogen and oxygen atoms in total. The average Bonchev–Trinajstić information content (AvgIpc) is 2.57. The number of carbonyl (C=O) groups excluding carboxylic acids is 2. The molecule has 17 heavy (non-hydrogen) atoms. The van der Waals surface area contributed by atoms with Crippen LogP contribution in [-0.2, 0) is 4.74 Å². The highest BCUT2D eigenvalue weighted by Gasteiger charge is 2.37. The Bertz CT molecular complexity index is 374. The Morgan fingerprint density at radius 3 is 2.76 bits per heavy atom. The smallest absolute Gasteiger partial charge is 0.410 e. The molecule has 3 amide bonds. The van der Waals surface area contributed by atoms with Crippen molar-refractivity contribution in [3.05, 3.63) is 0 Å². The maximum atomic E-state index is 11.8. The lowest BCUT2D eigenvalue weighted by atomic mass is 10.2. The molecule has 0 aromatic heterocycles.